The first kappa shape index (κ1) is 10.8. The highest BCUT2D eigenvalue weighted by Gasteiger charge is 1.97. The van der Waals surface area contributed by atoms with Crippen LogP contribution in [0.2, 0.25) is 0 Å². The first-order valence-corrected chi connectivity index (χ1v) is 6.39. The molecule has 0 rings (SSSR count). The second-order valence-electron chi connectivity index (χ2n) is 1.25. The van der Waals surface area contributed by atoms with Crippen molar-refractivity contribution in [3.8, 4) is 0 Å². The molecule has 0 nitrogen and oxygen atoms in total. The van der Waals surface area contributed by atoms with Crippen molar-refractivity contribution in [2.45, 2.75) is 4.58 Å². The molecular formula is C4H10S5. The second-order valence-corrected chi connectivity index (χ2v) is 5.88. The average molecular weight is 218 g/mol. The average Bonchev–Trinajstić information content (AvgIpc) is 1.89. The summed E-state index contributed by atoms with van der Waals surface area (Å²) in [5.41, 5.74) is 0. The summed E-state index contributed by atoms with van der Waals surface area (Å²) in [7, 11) is 0. The summed E-state index contributed by atoms with van der Waals surface area (Å²) in [6.07, 6.45) is 0. The minimum atomic E-state index is 0.376. The van der Waals surface area contributed by atoms with E-state index in [1.807, 2.05) is 0 Å². The predicted molar refractivity (Wildman–Crippen MR) is 60.5 cm³/mol. The standard InChI is InChI=1S/C4H10S5/c5-1-4(7)9-3-8-2-6/h4-7H,1-3H2. The third-order valence-electron chi connectivity index (χ3n) is 0.591. The van der Waals surface area contributed by atoms with Crippen LogP contribution in [0.5, 0.6) is 0 Å². The lowest BCUT2D eigenvalue weighted by Gasteiger charge is -2.04. The van der Waals surface area contributed by atoms with Crippen LogP contribution in [0.1, 0.15) is 0 Å². The maximum absolute atomic E-state index is 4.25. The Balaban J connectivity index is 2.88. The van der Waals surface area contributed by atoms with Gasteiger partial charge < -0.3 is 0 Å². The molecule has 0 aliphatic heterocycles. The van der Waals surface area contributed by atoms with Crippen molar-refractivity contribution in [3.63, 3.8) is 0 Å². The highest BCUT2D eigenvalue weighted by Crippen LogP contribution is 2.21. The Bertz CT molecular complexity index is 56.9. The molecular weight excluding hydrogens is 208 g/mol. The molecule has 0 fully saturated rings. The van der Waals surface area contributed by atoms with Crippen molar-refractivity contribution in [3.05, 3.63) is 0 Å². The lowest BCUT2D eigenvalue weighted by molar-refractivity contribution is 1.48. The van der Waals surface area contributed by atoms with Gasteiger partial charge >= 0.3 is 0 Å². The number of hydrogen-bond donors (Lipinski definition) is 3. The molecule has 56 valence electrons. The SMILES string of the molecule is SCSCSC(S)CS. The first-order chi connectivity index (χ1) is 4.31. The molecule has 1 unspecified atom stereocenters. The quantitative estimate of drug-likeness (QED) is 0.368. The topological polar surface area (TPSA) is 0 Å². The van der Waals surface area contributed by atoms with Crippen LogP contribution in [0, 0.1) is 0 Å². The minimum Gasteiger partial charge on any atom is -0.177 e. The fourth-order valence-corrected chi connectivity index (χ4v) is 3.17. The van der Waals surface area contributed by atoms with Gasteiger partial charge in [-0.2, -0.15) is 37.9 Å². The van der Waals surface area contributed by atoms with Crippen molar-refractivity contribution in [1.82, 2.24) is 0 Å². The van der Waals surface area contributed by atoms with E-state index in [2.05, 4.69) is 37.9 Å². The molecule has 0 aliphatic carbocycles. The van der Waals surface area contributed by atoms with Gasteiger partial charge in [-0.15, -0.1) is 23.5 Å². The third-order valence-corrected chi connectivity index (χ3v) is 4.61. The van der Waals surface area contributed by atoms with Crippen molar-refractivity contribution in [2.75, 3.05) is 15.9 Å². The molecule has 0 aliphatic rings. The molecule has 0 aromatic rings. The molecule has 0 bridgehead atoms. The van der Waals surface area contributed by atoms with Gasteiger partial charge in [0.2, 0.25) is 0 Å². The van der Waals surface area contributed by atoms with Gasteiger partial charge in [0, 0.05) is 15.9 Å². The van der Waals surface area contributed by atoms with Crippen LogP contribution in [0.25, 0.3) is 0 Å². The fourth-order valence-electron chi connectivity index (χ4n) is 0.217. The van der Waals surface area contributed by atoms with Gasteiger partial charge in [0.15, 0.2) is 0 Å². The molecule has 0 radical (unpaired) electrons. The molecule has 9 heavy (non-hydrogen) atoms. The van der Waals surface area contributed by atoms with Gasteiger partial charge in [0.25, 0.3) is 0 Å². The summed E-state index contributed by atoms with van der Waals surface area (Å²) in [5, 5.41) is 1.96. The molecule has 1 atom stereocenters. The Hall–Kier alpha value is 1.75. The first-order valence-electron chi connectivity index (χ1n) is 2.40. The summed E-state index contributed by atoms with van der Waals surface area (Å²) >= 11 is 16.0. The van der Waals surface area contributed by atoms with Crippen LogP contribution in [-0.4, -0.2) is 20.5 Å². The molecule has 0 N–H and O–H groups in total. The van der Waals surface area contributed by atoms with E-state index < -0.39 is 0 Å². The number of thioether (sulfide) groups is 2. The number of hydrogen-bond acceptors (Lipinski definition) is 5. The smallest absolute Gasteiger partial charge is 0.0568 e. The third kappa shape index (κ3) is 7.65. The van der Waals surface area contributed by atoms with E-state index in [1.54, 1.807) is 23.5 Å². The van der Waals surface area contributed by atoms with E-state index in [-0.39, 0.29) is 0 Å². The second kappa shape index (κ2) is 7.85. The summed E-state index contributed by atoms with van der Waals surface area (Å²) in [6.45, 7) is 0. The molecule has 0 saturated carbocycles. The van der Waals surface area contributed by atoms with Crippen molar-refractivity contribution >= 4 is 61.4 Å². The largest absolute Gasteiger partial charge is 0.177 e. The van der Waals surface area contributed by atoms with E-state index in [1.165, 1.54) is 0 Å². The molecule has 0 aromatic carbocycles. The van der Waals surface area contributed by atoms with Gasteiger partial charge in [-0.05, 0) is 0 Å². The van der Waals surface area contributed by atoms with Crippen molar-refractivity contribution < 1.29 is 0 Å². The van der Waals surface area contributed by atoms with Gasteiger partial charge in [-0.25, -0.2) is 0 Å². The number of rotatable bonds is 5. The fraction of sp³-hybridized carbons (Fsp3) is 1.00. The molecule has 0 saturated heterocycles. The molecule has 0 spiro atoms. The lowest BCUT2D eigenvalue weighted by Crippen LogP contribution is -1.92. The zero-order valence-corrected chi connectivity index (χ0v) is 9.17. The van der Waals surface area contributed by atoms with Crippen molar-refractivity contribution in [2.24, 2.45) is 0 Å². The lowest BCUT2D eigenvalue weighted by atomic mass is 10.9. The van der Waals surface area contributed by atoms with E-state index in [9.17, 15) is 0 Å². The van der Waals surface area contributed by atoms with Crippen LogP contribution in [0.4, 0.5) is 0 Å². The molecule has 0 heterocycles. The molecule has 0 amide bonds. The van der Waals surface area contributed by atoms with Crippen LogP contribution in [0.15, 0.2) is 0 Å². The van der Waals surface area contributed by atoms with Crippen LogP contribution in [0.3, 0.4) is 0 Å². The summed E-state index contributed by atoms with van der Waals surface area (Å²) in [4.78, 5) is 0. The minimum absolute atomic E-state index is 0.376. The van der Waals surface area contributed by atoms with Gasteiger partial charge in [-0.1, -0.05) is 0 Å². The Morgan fingerprint density at radius 2 is 2.00 bits per heavy atom. The Kier molecular flexibility index (Phi) is 9.38. The highest BCUT2D eigenvalue weighted by atomic mass is 32.2. The monoisotopic (exact) mass is 218 g/mol. The van der Waals surface area contributed by atoms with Gasteiger partial charge in [0.05, 0.1) is 4.58 Å². The van der Waals surface area contributed by atoms with Crippen LogP contribution >= 0.6 is 61.4 Å². The molecule has 5 heteroatoms. The number of thiol groups is 3. The highest BCUT2D eigenvalue weighted by molar-refractivity contribution is 8.23. The van der Waals surface area contributed by atoms with Crippen LogP contribution < -0.4 is 0 Å². The normalized spacial score (nSPS) is 13.7. The summed E-state index contributed by atoms with van der Waals surface area (Å²) in [5.74, 6) is 0.834. The summed E-state index contributed by atoms with van der Waals surface area (Å²) in [6, 6.07) is 0. The van der Waals surface area contributed by atoms with E-state index in [4.69, 9.17) is 0 Å². The van der Waals surface area contributed by atoms with E-state index >= 15 is 0 Å². The van der Waals surface area contributed by atoms with E-state index in [0.717, 1.165) is 15.9 Å². The van der Waals surface area contributed by atoms with Crippen molar-refractivity contribution in [1.29, 1.82) is 0 Å². The maximum Gasteiger partial charge on any atom is 0.0568 e. The predicted octanol–water partition coefficient (Wildman–Crippen LogP) is 2.48. The van der Waals surface area contributed by atoms with Crippen LogP contribution in [-0.2, 0) is 0 Å². The Morgan fingerprint density at radius 1 is 1.33 bits per heavy atom. The van der Waals surface area contributed by atoms with E-state index in [0.29, 0.717) is 4.58 Å². The maximum atomic E-state index is 4.25. The van der Waals surface area contributed by atoms with Gasteiger partial charge in [0.1, 0.15) is 0 Å². The summed E-state index contributed by atoms with van der Waals surface area (Å²) < 4.78 is 0.376. The zero-order chi connectivity index (χ0) is 7.11. The Labute approximate surface area is 81.5 Å². The zero-order valence-electron chi connectivity index (χ0n) is 4.86. The molecule has 0 aromatic heterocycles. The Morgan fingerprint density at radius 3 is 2.44 bits per heavy atom. The van der Waals surface area contributed by atoms with Gasteiger partial charge in [-0.3, -0.25) is 0 Å².